The van der Waals surface area contributed by atoms with Crippen LogP contribution < -0.4 is 5.43 Å². The molecule has 0 radical (unpaired) electrons. The van der Waals surface area contributed by atoms with E-state index < -0.39 is 5.92 Å². The summed E-state index contributed by atoms with van der Waals surface area (Å²) in [6.07, 6.45) is 0.560. The van der Waals surface area contributed by atoms with Crippen molar-refractivity contribution in [3.63, 3.8) is 0 Å². The SMILES string of the molecule is CCOC(=O)C(CC)/C(C)=N/NC(=O)c1ccc(Cl)cc1. The van der Waals surface area contributed by atoms with Gasteiger partial charge in [-0.2, -0.15) is 5.10 Å². The second-order valence-corrected chi connectivity index (χ2v) is 4.85. The Balaban J connectivity index is 2.71. The fourth-order valence-corrected chi connectivity index (χ4v) is 1.88. The maximum Gasteiger partial charge on any atom is 0.314 e. The van der Waals surface area contributed by atoms with Crippen molar-refractivity contribution in [1.29, 1.82) is 0 Å². The summed E-state index contributed by atoms with van der Waals surface area (Å²) < 4.78 is 4.97. The Labute approximate surface area is 129 Å². The van der Waals surface area contributed by atoms with E-state index in [0.29, 0.717) is 29.3 Å². The van der Waals surface area contributed by atoms with Crippen LogP contribution in [0.1, 0.15) is 37.6 Å². The van der Waals surface area contributed by atoms with Gasteiger partial charge in [-0.15, -0.1) is 0 Å². The minimum absolute atomic E-state index is 0.319. The van der Waals surface area contributed by atoms with Gasteiger partial charge in [0.15, 0.2) is 0 Å². The first-order valence-corrected chi connectivity index (χ1v) is 7.14. The first kappa shape index (κ1) is 17.2. The van der Waals surface area contributed by atoms with Crippen molar-refractivity contribution >= 4 is 29.2 Å². The Morgan fingerprint density at radius 3 is 2.43 bits per heavy atom. The van der Waals surface area contributed by atoms with Crippen LogP contribution in [0.5, 0.6) is 0 Å². The van der Waals surface area contributed by atoms with E-state index in [1.807, 2.05) is 6.92 Å². The van der Waals surface area contributed by atoms with Gasteiger partial charge in [-0.05, 0) is 44.5 Å². The molecule has 0 heterocycles. The molecule has 1 N–H and O–H groups in total. The molecule has 0 bridgehead atoms. The van der Waals surface area contributed by atoms with Crippen molar-refractivity contribution < 1.29 is 14.3 Å². The van der Waals surface area contributed by atoms with Gasteiger partial charge in [-0.25, -0.2) is 5.43 Å². The van der Waals surface area contributed by atoms with Gasteiger partial charge in [-0.3, -0.25) is 9.59 Å². The van der Waals surface area contributed by atoms with E-state index in [4.69, 9.17) is 16.3 Å². The molecule has 1 aromatic carbocycles. The Bertz CT molecular complexity index is 526. The van der Waals surface area contributed by atoms with Crippen LogP contribution in [0.2, 0.25) is 5.02 Å². The fourth-order valence-electron chi connectivity index (χ4n) is 1.76. The third-order valence-corrected chi connectivity index (χ3v) is 3.18. The van der Waals surface area contributed by atoms with E-state index in [9.17, 15) is 9.59 Å². The number of carbonyl (C=O) groups excluding carboxylic acids is 2. The van der Waals surface area contributed by atoms with Crippen LogP contribution in [0.25, 0.3) is 0 Å². The fraction of sp³-hybridized carbons (Fsp3) is 0.400. The molecule has 0 saturated carbocycles. The van der Waals surface area contributed by atoms with Gasteiger partial charge in [-0.1, -0.05) is 18.5 Å². The zero-order valence-corrected chi connectivity index (χ0v) is 13.1. The Morgan fingerprint density at radius 1 is 1.29 bits per heavy atom. The molecule has 114 valence electrons. The van der Waals surface area contributed by atoms with E-state index in [2.05, 4.69) is 10.5 Å². The minimum Gasteiger partial charge on any atom is -0.465 e. The average Bonchev–Trinajstić information content (AvgIpc) is 2.46. The molecule has 0 spiro atoms. The van der Waals surface area contributed by atoms with Crippen LogP contribution in [0.15, 0.2) is 29.4 Å². The lowest BCUT2D eigenvalue weighted by molar-refractivity contribution is -0.145. The number of ether oxygens (including phenoxy) is 1. The number of benzene rings is 1. The quantitative estimate of drug-likeness (QED) is 0.499. The zero-order valence-electron chi connectivity index (χ0n) is 12.4. The predicted molar refractivity (Wildman–Crippen MR) is 82.4 cm³/mol. The lowest BCUT2D eigenvalue weighted by Crippen LogP contribution is -2.27. The first-order valence-electron chi connectivity index (χ1n) is 6.76. The summed E-state index contributed by atoms with van der Waals surface area (Å²) in [4.78, 5) is 23.6. The monoisotopic (exact) mass is 310 g/mol. The first-order chi connectivity index (χ1) is 9.99. The summed E-state index contributed by atoms with van der Waals surface area (Å²) in [6, 6.07) is 6.46. The van der Waals surface area contributed by atoms with E-state index in [0.717, 1.165) is 0 Å². The third-order valence-electron chi connectivity index (χ3n) is 2.92. The highest BCUT2D eigenvalue weighted by atomic mass is 35.5. The maximum atomic E-state index is 11.9. The molecule has 0 aliphatic rings. The average molecular weight is 311 g/mol. The summed E-state index contributed by atoms with van der Waals surface area (Å²) >= 11 is 5.76. The molecular weight excluding hydrogens is 292 g/mol. The number of esters is 1. The minimum atomic E-state index is -0.449. The second-order valence-electron chi connectivity index (χ2n) is 4.41. The highest BCUT2D eigenvalue weighted by Crippen LogP contribution is 2.10. The van der Waals surface area contributed by atoms with E-state index in [1.54, 1.807) is 38.1 Å². The topological polar surface area (TPSA) is 67.8 Å². The third kappa shape index (κ3) is 5.19. The number of carbonyl (C=O) groups is 2. The number of rotatable bonds is 6. The molecule has 21 heavy (non-hydrogen) atoms. The van der Waals surface area contributed by atoms with E-state index >= 15 is 0 Å². The summed E-state index contributed by atoms with van der Waals surface area (Å²) in [5.74, 6) is -1.14. The van der Waals surface area contributed by atoms with Crippen molar-refractivity contribution in [2.45, 2.75) is 27.2 Å². The van der Waals surface area contributed by atoms with Crippen LogP contribution >= 0.6 is 11.6 Å². The molecule has 1 amide bonds. The molecule has 0 aliphatic carbocycles. The van der Waals surface area contributed by atoms with Gasteiger partial charge in [0.25, 0.3) is 5.91 Å². The van der Waals surface area contributed by atoms with Gasteiger partial charge in [0.2, 0.25) is 0 Å². The van der Waals surface area contributed by atoms with Gasteiger partial charge in [0.05, 0.1) is 12.5 Å². The lowest BCUT2D eigenvalue weighted by atomic mass is 10.0. The number of halogens is 1. The molecular formula is C15H19ClN2O3. The number of hydrogen-bond acceptors (Lipinski definition) is 4. The van der Waals surface area contributed by atoms with Crippen molar-refractivity contribution in [2.75, 3.05) is 6.61 Å². The van der Waals surface area contributed by atoms with Gasteiger partial charge in [0.1, 0.15) is 0 Å². The number of amides is 1. The van der Waals surface area contributed by atoms with Gasteiger partial charge < -0.3 is 4.74 Å². The summed E-state index contributed by atoms with van der Waals surface area (Å²) in [5, 5.41) is 4.54. The largest absolute Gasteiger partial charge is 0.465 e. The normalized spacial score (nSPS) is 12.7. The number of nitrogens with zero attached hydrogens (tertiary/aromatic N) is 1. The predicted octanol–water partition coefficient (Wildman–Crippen LogP) is 3.04. The Hall–Kier alpha value is -1.88. The van der Waals surface area contributed by atoms with E-state index in [-0.39, 0.29) is 11.9 Å². The zero-order chi connectivity index (χ0) is 15.8. The smallest absolute Gasteiger partial charge is 0.314 e. The number of hydrogen-bond donors (Lipinski definition) is 1. The van der Waals surface area contributed by atoms with Crippen LogP contribution in [0.3, 0.4) is 0 Å². The maximum absolute atomic E-state index is 11.9. The van der Waals surface area contributed by atoms with Crippen molar-refractivity contribution in [3.05, 3.63) is 34.9 Å². The van der Waals surface area contributed by atoms with Crippen LogP contribution in [0.4, 0.5) is 0 Å². The Kier molecular flexibility index (Phi) is 6.88. The molecule has 0 aliphatic heterocycles. The van der Waals surface area contributed by atoms with Crippen LogP contribution in [-0.4, -0.2) is 24.2 Å². The summed E-state index contributed by atoms with van der Waals surface area (Å²) in [7, 11) is 0. The molecule has 0 aromatic heterocycles. The van der Waals surface area contributed by atoms with Gasteiger partial charge in [0, 0.05) is 16.3 Å². The van der Waals surface area contributed by atoms with Crippen molar-refractivity contribution in [1.82, 2.24) is 5.43 Å². The standard InChI is InChI=1S/C15H19ClN2O3/c1-4-13(15(20)21-5-2)10(3)17-18-14(19)11-6-8-12(16)9-7-11/h6-9,13H,4-5H2,1-3H3,(H,18,19)/b17-10+. The van der Waals surface area contributed by atoms with Crippen LogP contribution in [-0.2, 0) is 9.53 Å². The van der Waals surface area contributed by atoms with E-state index in [1.165, 1.54) is 0 Å². The Morgan fingerprint density at radius 2 is 1.90 bits per heavy atom. The summed E-state index contributed by atoms with van der Waals surface area (Å²) in [6.45, 7) is 5.62. The molecule has 1 unspecified atom stereocenters. The molecule has 1 atom stereocenters. The molecule has 1 aromatic rings. The second kappa shape index (κ2) is 8.42. The van der Waals surface area contributed by atoms with Crippen LogP contribution in [0, 0.1) is 5.92 Å². The highest BCUT2D eigenvalue weighted by Gasteiger charge is 2.21. The number of nitrogens with one attached hydrogen (secondary N) is 1. The molecule has 0 fully saturated rings. The molecule has 6 heteroatoms. The lowest BCUT2D eigenvalue weighted by Gasteiger charge is -2.13. The summed E-state index contributed by atoms with van der Waals surface area (Å²) in [5.41, 5.74) is 3.38. The van der Waals surface area contributed by atoms with Gasteiger partial charge >= 0.3 is 5.97 Å². The molecule has 0 saturated heterocycles. The molecule has 1 rings (SSSR count). The molecule has 5 nitrogen and oxygen atoms in total. The number of hydrazone groups is 1. The van der Waals surface area contributed by atoms with Crippen molar-refractivity contribution in [2.24, 2.45) is 11.0 Å². The van der Waals surface area contributed by atoms with Crippen molar-refractivity contribution in [3.8, 4) is 0 Å². The highest BCUT2D eigenvalue weighted by molar-refractivity contribution is 6.30.